The van der Waals surface area contributed by atoms with Crippen LogP contribution in [0.2, 0.25) is 0 Å². The second-order valence-electron chi connectivity index (χ2n) is 5.32. The number of benzene rings is 1. The molecule has 0 fully saturated rings. The molecule has 0 spiro atoms. The second kappa shape index (κ2) is 4.80. The van der Waals surface area contributed by atoms with Crippen molar-refractivity contribution in [2.45, 2.75) is 19.3 Å². The van der Waals surface area contributed by atoms with Crippen molar-refractivity contribution in [3.63, 3.8) is 0 Å². The molecule has 2 heterocycles. The van der Waals surface area contributed by atoms with Gasteiger partial charge in [0.15, 0.2) is 11.5 Å². The van der Waals surface area contributed by atoms with Crippen LogP contribution in [0.1, 0.15) is 17.8 Å². The van der Waals surface area contributed by atoms with Gasteiger partial charge in [-0.1, -0.05) is 0 Å². The van der Waals surface area contributed by atoms with Crippen LogP contribution < -0.4 is 14.8 Å². The van der Waals surface area contributed by atoms with E-state index in [2.05, 4.69) is 15.3 Å². The van der Waals surface area contributed by atoms with Crippen molar-refractivity contribution in [2.75, 3.05) is 12.1 Å². The third-order valence-electron chi connectivity index (χ3n) is 4.00. The zero-order valence-corrected chi connectivity index (χ0v) is 11.4. The van der Waals surface area contributed by atoms with Gasteiger partial charge in [0.2, 0.25) is 12.7 Å². The minimum Gasteiger partial charge on any atom is -0.454 e. The van der Waals surface area contributed by atoms with E-state index in [1.165, 1.54) is 0 Å². The number of H-pyrrole nitrogens is 1. The molecule has 2 aromatic rings. The van der Waals surface area contributed by atoms with Crippen LogP contribution in [0.3, 0.4) is 0 Å². The number of amides is 1. The van der Waals surface area contributed by atoms with E-state index < -0.39 is 0 Å². The summed E-state index contributed by atoms with van der Waals surface area (Å²) in [5.41, 5.74) is 2.90. The zero-order valence-electron chi connectivity index (χ0n) is 11.4. The molecule has 1 aromatic carbocycles. The SMILES string of the molecule is O=C(Nc1ccc2c(c1)OCO2)C1CCc2nc[nH]c2C1. The van der Waals surface area contributed by atoms with E-state index in [1.54, 1.807) is 12.4 Å². The lowest BCUT2D eigenvalue weighted by Gasteiger charge is -2.20. The quantitative estimate of drug-likeness (QED) is 0.883. The van der Waals surface area contributed by atoms with Crippen LogP contribution >= 0.6 is 0 Å². The smallest absolute Gasteiger partial charge is 0.231 e. The number of rotatable bonds is 2. The molecular weight excluding hydrogens is 270 g/mol. The van der Waals surface area contributed by atoms with Gasteiger partial charge in [-0.25, -0.2) is 4.98 Å². The molecule has 4 rings (SSSR count). The molecule has 0 saturated carbocycles. The van der Waals surface area contributed by atoms with Gasteiger partial charge in [0.1, 0.15) is 0 Å². The summed E-state index contributed by atoms with van der Waals surface area (Å²) in [6, 6.07) is 5.44. The Morgan fingerprint density at radius 1 is 1.33 bits per heavy atom. The third kappa shape index (κ3) is 2.22. The zero-order chi connectivity index (χ0) is 14.2. The van der Waals surface area contributed by atoms with Gasteiger partial charge < -0.3 is 19.8 Å². The Morgan fingerprint density at radius 2 is 2.24 bits per heavy atom. The summed E-state index contributed by atoms with van der Waals surface area (Å²) < 4.78 is 10.6. The lowest BCUT2D eigenvalue weighted by Crippen LogP contribution is -2.28. The number of aryl methyl sites for hydroxylation is 1. The van der Waals surface area contributed by atoms with E-state index in [-0.39, 0.29) is 18.6 Å². The highest BCUT2D eigenvalue weighted by Crippen LogP contribution is 2.34. The lowest BCUT2D eigenvalue weighted by atomic mass is 9.89. The summed E-state index contributed by atoms with van der Waals surface area (Å²) in [6.45, 7) is 0.234. The maximum absolute atomic E-state index is 12.4. The fraction of sp³-hybridized carbons (Fsp3) is 0.333. The monoisotopic (exact) mass is 285 g/mol. The van der Waals surface area contributed by atoms with Crippen molar-refractivity contribution >= 4 is 11.6 Å². The number of anilines is 1. The van der Waals surface area contributed by atoms with Gasteiger partial charge >= 0.3 is 0 Å². The fourth-order valence-corrected chi connectivity index (χ4v) is 2.84. The number of aromatic nitrogens is 2. The van der Waals surface area contributed by atoms with Crippen LogP contribution in [0.5, 0.6) is 11.5 Å². The molecule has 2 N–H and O–H groups in total. The maximum Gasteiger partial charge on any atom is 0.231 e. The molecule has 1 aromatic heterocycles. The number of ether oxygens (including phenoxy) is 2. The third-order valence-corrected chi connectivity index (χ3v) is 4.00. The minimum atomic E-state index is -0.0247. The first-order valence-corrected chi connectivity index (χ1v) is 7.01. The fourth-order valence-electron chi connectivity index (χ4n) is 2.84. The highest BCUT2D eigenvalue weighted by Gasteiger charge is 2.26. The standard InChI is InChI=1S/C15H15N3O3/c19-15(9-1-3-11-12(5-9)17-7-16-11)18-10-2-4-13-14(6-10)21-8-20-13/h2,4,6-7,9H,1,3,5,8H2,(H,16,17)(H,18,19). The summed E-state index contributed by atoms with van der Waals surface area (Å²) >= 11 is 0. The Bertz CT molecular complexity index is 695. The van der Waals surface area contributed by atoms with Gasteiger partial charge in [0.25, 0.3) is 0 Å². The summed E-state index contributed by atoms with van der Waals surface area (Å²) in [6.07, 6.45) is 4.08. The molecule has 0 radical (unpaired) electrons. The number of hydrogen-bond acceptors (Lipinski definition) is 4. The normalized spacial score (nSPS) is 19.1. The summed E-state index contributed by atoms with van der Waals surface area (Å²) in [5, 5.41) is 2.96. The van der Waals surface area contributed by atoms with E-state index in [1.807, 2.05) is 12.1 Å². The Balaban J connectivity index is 1.47. The number of carbonyl (C=O) groups excluding carboxylic acids is 1. The lowest BCUT2D eigenvalue weighted by molar-refractivity contribution is -0.120. The number of hydrogen-bond donors (Lipinski definition) is 2. The van der Waals surface area contributed by atoms with Crippen molar-refractivity contribution in [1.29, 1.82) is 0 Å². The van der Waals surface area contributed by atoms with Gasteiger partial charge in [-0.05, 0) is 25.0 Å². The van der Waals surface area contributed by atoms with E-state index in [9.17, 15) is 4.79 Å². The first kappa shape index (κ1) is 12.3. The second-order valence-corrected chi connectivity index (χ2v) is 5.32. The van der Waals surface area contributed by atoms with Crippen molar-refractivity contribution in [1.82, 2.24) is 9.97 Å². The highest BCUT2D eigenvalue weighted by atomic mass is 16.7. The predicted molar refractivity (Wildman–Crippen MR) is 75.3 cm³/mol. The van der Waals surface area contributed by atoms with Gasteiger partial charge in [-0.15, -0.1) is 0 Å². The number of carbonyl (C=O) groups is 1. The van der Waals surface area contributed by atoms with Crippen LogP contribution in [-0.4, -0.2) is 22.7 Å². The van der Waals surface area contributed by atoms with Gasteiger partial charge in [0.05, 0.1) is 12.0 Å². The number of fused-ring (bicyclic) bond motifs is 2. The molecule has 1 aliphatic heterocycles. The van der Waals surface area contributed by atoms with Crippen LogP contribution in [-0.2, 0) is 17.6 Å². The molecule has 1 atom stereocenters. The van der Waals surface area contributed by atoms with Gasteiger partial charge in [-0.2, -0.15) is 0 Å². The van der Waals surface area contributed by atoms with E-state index in [0.29, 0.717) is 17.9 Å². The van der Waals surface area contributed by atoms with E-state index >= 15 is 0 Å². The number of aromatic amines is 1. The van der Waals surface area contributed by atoms with Gasteiger partial charge in [-0.3, -0.25) is 4.79 Å². The van der Waals surface area contributed by atoms with E-state index in [4.69, 9.17) is 9.47 Å². The van der Waals surface area contributed by atoms with Crippen molar-refractivity contribution in [2.24, 2.45) is 5.92 Å². The first-order chi connectivity index (χ1) is 10.3. The van der Waals surface area contributed by atoms with Crippen LogP contribution in [0, 0.1) is 5.92 Å². The van der Waals surface area contributed by atoms with Crippen LogP contribution in [0.25, 0.3) is 0 Å². The summed E-state index contributed by atoms with van der Waals surface area (Å²) in [7, 11) is 0. The molecule has 6 heteroatoms. The molecule has 1 unspecified atom stereocenters. The maximum atomic E-state index is 12.4. The molecular formula is C15H15N3O3. The predicted octanol–water partition coefficient (Wildman–Crippen LogP) is 1.88. The molecule has 21 heavy (non-hydrogen) atoms. The molecule has 2 aliphatic rings. The summed E-state index contributed by atoms with van der Waals surface area (Å²) in [5.74, 6) is 1.40. The van der Waals surface area contributed by atoms with Gasteiger partial charge in [0, 0.05) is 29.8 Å². The van der Waals surface area contributed by atoms with Crippen molar-refractivity contribution < 1.29 is 14.3 Å². The summed E-state index contributed by atoms with van der Waals surface area (Å²) in [4.78, 5) is 19.8. The first-order valence-electron chi connectivity index (χ1n) is 7.01. The largest absolute Gasteiger partial charge is 0.454 e. The Kier molecular flexibility index (Phi) is 2.80. The van der Waals surface area contributed by atoms with Crippen molar-refractivity contribution in [3.05, 3.63) is 35.9 Å². The molecule has 0 saturated heterocycles. The highest BCUT2D eigenvalue weighted by molar-refractivity contribution is 5.93. The topological polar surface area (TPSA) is 76.2 Å². The molecule has 1 amide bonds. The number of nitrogens with one attached hydrogen (secondary N) is 2. The van der Waals surface area contributed by atoms with Crippen molar-refractivity contribution in [3.8, 4) is 11.5 Å². The number of nitrogens with zero attached hydrogens (tertiary/aromatic N) is 1. The average molecular weight is 285 g/mol. The molecule has 6 nitrogen and oxygen atoms in total. The average Bonchev–Trinajstić information content (AvgIpc) is 3.14. The van der Waals surface area contributed by atoms with E-state index in [0.717, 1.165) is 29.9 Å². The minimum absolute atomic E-state index is 0.0247. The Hall–Kier alpha value is -2.50. The van der Waals surface area contributed by atoms with Crippen LogP contribution in [0.15, 0.2) is 24.5 Å². The van der Waals surface area contributed by atoms with Crippen LogP contribution in [0.4, 0.5) is 5.69 Å². The molecule has 108 valence electrons. The Morgan fingerprint density at radius 3 is 3.19 bits per heavy atom. The molecule has 0 bridgehead atoms. The Labute approximate surface area is 121 Å². The molecule has 1 aliphatic carbocycles. The number of imidazole rings is 1.